The molecule has 0 bridgehead atoms. The molecule has 5 rings (SSSR count). The molecule has 0 saturated heterocycles. The van der Waals surface area contributed by atoms with Crippen LogP contribution >= 0.6 is 24.4 Å². The van der Waals surface area contributed by atoms with E-state index in [-0.39, 0.29) is 5.92 Å². The van der Waals surface area contributed by atoms with Crippen LogP contribution in [0.15, 0.2) is 60.7 Å². The number of para-hydroxylation sites is 1. The van der Waals surface area contributed by atoms with Gasteiger partial charge in [-0.2, -0.15) is 5.10 Å². The molecule has 2 N–H and O–H groups in total. The Morgan fingerprint density at radius 1 is 0.929 bits per heavy atom. The Balaban J connectivity index is 1.84. The first kappa shape index (κ1) is 17.1. The third-order valence-electron chi connectivity index (χ3n) is 4.92. The number of nitrogens with one attached hydrogen (secondary N) is 2. The maximum absolute atomic E-state index is 6.29. The highest BCUT2D eigenvalue weighted by Crippen LogP contribution is 2.48. The van der Waals surface area contributed by atoms with Crippen LogP contribution in [0.5, 0.6) is 11.8 Å². The maximum atomic E-state index is 6.29. The smallest absolute Gasteiger partial charge is 0.229 e. The van der Waals surface area contributed by atoms with Crippen LogP contribution in [0.4, 0.5) is 0 Å². The summed E-state index contributed by atoms with van der Waals surface area (Å²) in [5.74, 6) is 1.14. The number of hydrogen-bond acceptors (Lipinski definition) is 4. The highest BCUT2D eigenvalue weighted by Gasteiger charge is 2.36. The van der Waals surface area contributed by atoms with Crippen LogP contribution in [0.3, 0.4) is 0 Å². The SMILES string of the molecule is Cc1nn(-c2ccccc2)c2c1C(c1ccccc1)c1c([nH]c(=S)[nH]c1=S)O2. The molecule has 28 heavy (non-hydrogen) atoms. The summed E-state index contributed by atoms with van der Waals surface area (Å²) in [6, 6.07) is 20.2. The monoisotopic (exact) mass is 404 g/mol. The van der Waals surface area contributed by atoms with Gasteiger partial charge in [0.2, 0.25) is 11.8 Å². The fourth-order valence-electron chi connectivity index (χ4n) is 3.73. The lowest BCUT2D eigenvalue weighted by atomic mass is 9.85. The van der Waals surface area contributed by atoms with E-state index in [1.807, 2.05) is 60.1 Å². The summed E-state index contributed by atoms with van der Waals surface area (Å²) in [5.41, 5.74) is 4.83. The van der Waals surface area contributed by atoms with Crippen LogP contribution in [0, 0.1) is 16.3 Å². The number of hydrogen-bond donors (Lipinski definition) is 2. The van der Waals surface area contributed by atoms with Gasteiger partial charge in [-0.05, 0) is 36.8 Å². The van der Waals surface area contributed by atoms with E-state index in [1.165, 1.54) is 0 Å². The molecule has 0 aliphatic carbocycles. The van der Waals surface area contributed by atoms with Crippen LogP contribution in [0.2, 0.25) is 0 Å². The Kier molecular flexibility index (Phi) is 3.99. The molecule has 4 aromatic rings. The van der Waals surface area contributed by atoms with Gasteiger partial charge in [0.25, 0.3) is 0 Å². The minimum Gasteiger partial charge on any atom is -0.422 e. The molecule has 1 aliphatic rings. The first-order valence-electron chi connectivity index (χ1n) is 8.87. The predicted octanol–water partition coefficient (Wildman–Crippen LogP) is 5.58. The quantitative estimate of drug-likeness (QED) is 0.377. The highest BCUT2D eigenvalue weighted by molar-refractivity contribution is 7.72. The second kappa shape index (κ2) is 6.54. The highest BCUT2D eigenvalue weighted by atomic mass is 32.1. The van der Waals surface area contributed by atoms with Crippen molar-refractivity contribution in [1.29, 1.82) is 0 Å². The molecule has 2 aromatic heterocycles. The zero-order valence-electron chi connectivity index (χ0n) is 15.0. The Morgan fingerprint density at radius 3 is 2.32 bits per heavy atom. The molecule has 1 unspecified atom stereocenters. The number of ether oxygens (including phenoxy) is 1. The van der Waals surface area contributed by atoms with E-state index in [0.717, 1.165) is 28.1 Å². The molecule has 0 spiro atoms. The van der Waals surface area contributed by atoms with Crippen molar-refractivity contribution in [3.63, 3.8) is 0 Å². The van der Waals surface area contributed by atoms with Crippen molar-refractivity contribution < 1.29 is 4.74 Å². The summed E-state index contributed by atoms with van der Waals surface area (Å²) < 4.78 is 9.13. The lowest BCUT2D eigenvalue weighted by molar-refractivity contribution is 0.401. The number of aromatic nitrogens is 4. The van der Waals surface area contributed by atoms with Crippen molar-refractivity contribution in [2.75, 3.05) is 0 Å². The van der Waals surface area contributed by atoms with E-state index in [4.69, 9.17) is 34.3 Å². The van der Waals surface area contributed by atoms with Gasteiger partial charge < -0.3 is 14.7 Å². The van der Waals surface area contributed by atoms with Crippen molar-refractivity contribution in [2.24, 2.45) is 0 Å². The number of rotatable bonds is 2. The van der Waals surface area contributed by atoms with Crippen LogP contribution in [-0.2, 0) is 0 Å². The Bertz CT molecular complexity index is 1290. The number of fused-ring (bicyclic) bond motifs is 2. The van der Waals surface area contributed by atoms with Gasteiger partial charge in [-0.15, -0.1) is 0 Å². The van der Waals surface area contributed by atoms with E-state index >= 15 is 0 Å². The van der Waals surface area contributed by atoms with E-state index in [2.05, 4.69) is 22.1 Å². The van der Waals surface area contributed by atoms with Crippen molar-refractivity contribution in [3.8, 4) is 17.4 Å². The third-order valence-corrected chi connectivity index (χ3v) is 5.44. The van der Waals surface area contributed by atoms with Crippen molar-refractivity contribution in [2.45, 2.75) is 12.8 Å². The standard InChI is InChI=1S/C21H16N4OS2/c1-12-15-16(13-8-4-2-5-9-13)17-18(22-21(28)23-19(17)27)26-20(15)25(24-12)14-10-6-3-7-11-14/h2-11,16H,1H3,(H2,22,23,27,28). The molecule has 5 nitrogen and oxygen atoms in total. The predicted molar refractivity (Wildman–Crippen MR) is 113 cm³/mol. The van der Waals surface area contributed by atoms with Gasteiger partial charge in [0.05, 0.1) is 22.5 Å². The van der Waals surface area contributed by atoms with Gasteiger partial charge in [-0.1, -0.05) is 60.7 Å². The van der Waals surface area contributed by atoms with Crippen molar-refractivity contribution in [3.05, 3.63) is 92.5 Å². The molecule has 0 fully saturated rings. The molecule has 0 radical (unpaired) electrons. The zero-order valence-corrected chi connectivity index (χ0v) is 16.6. The molecule has 7 heteroatoms. The lowest BCUT2D eigenvalue weighted by Gasteiger charge is -2.26. The minimum absolute atomic E-state index is 0.104. The number of aromatic amines is 2. The average molecular weight is 405 g/mol. The van der Waals surface area contributed by atoms with Gasteiger partial charge in [-0.3, -0.25) is 0 Å². The zero-order chi connectivity index (χ0) is 19.3. The van der Waals surface area contributed by atoms with Gasteiger partial charge in [-0.25, -0.2) is 4.68 Å². The molecule has 0 saturated carbocycles. The molecule has 1 atom stereocenters. The minimum atomic E-state index is -0.104. The topological polar surface area (TPSA) is 58.6 Å². The van der Waals surface area contributed by atoms with Gasteiger partial charge >= 0.3 is 0 Å². The molecule has 0 amide bonds. The molecule has 3 heterocycles. The average Bonchev–Trinajstić information content (AvgIpc) is 3.04. The van der Waals surface area contributed by atoms with Gasteiger partial charge in [0, 0.05) is 5.92 Å². The molecular formula is C21H16N4OS2. The van der Waals surface area contributed by atoms with Gasteiger partial charge in [0.1, 0.15) is 4.64 Å². The lowest BCUT2D eigenvalue weighted by Crippen LogP contribution is -2.15. The summed E-state index contributed by atoms with van der Waals surface area (Å²) in [7, 11) is 0. The molecule has 1 aliphatic heterocycles. The molecular weight excluding hydrogens is 388 g/mol. The van der Waals surface area contributed by atoms with Crippen LogP contribution in [0.1, 0.15) is 28.3 Å². The Hall–Kier alpha value is -3.03. The van der Waals surface area contributed by atoms with Crippen molar-refractivity contribution >= 4 is 24.4 Å². The van der Waals surface area contributed by atoms with E-state index in [0.29, 0.717) is 21.2 Å². The summed E-state index contributed by atoms with van der Waals surface area (Å²) >= 11 is 10.9. The summed E-state index contributed by atoms with van der Waals surface area (Å²) in [6.07, 6.45) is 0. The first-order chi connectivity index (χ1) is 13.6. The number of nitrogens with zero attached hydrogens (tertiary/aromatic N) is 2. The summed E-state index contributed by atoms with van der Waals surface area (Å²) in [5, 5.41) is 4.78. The number of benzene rings is 2. The van der Waals surface area contributed by atoms with Gasteiger partial charge in [0.15, 0.2) is 4.77 Å². The number of aryl methyl sites for hydroxylation is 1. The van der Waals surface area contributed by atoms with Crippen LogP contribution in [-0.4, -0.2) is 19.7 Å². The van der Waals surface area contributed by atoms with E-state index in [9.17, 15) is 0 Å². The summed E-state index contributed by atoms with van der Waals surface area (Å²) in [6.45, 7) is 2.00. The molecule has 2 aromatic carbocycles. The van der Waals surface area contributed by atoms with Crippen molar-refractivity contribution in [1.82, 2.24) is 19.7 Å². The van der Waals surface area contributed by atoms with E-state index < -0.39 is 0 Å². The van der Waals surface area contributed by atoms with E-state index in [1.54, 1.807) is 0 Å². The van der Waals surface area contributed by atoms with Crippen LogP contribution < -0.4 is 4.74 Å². The normalized spacial score (nSPS) is 14.8. The second-order valence-corrected chi connectivity index (χ2v) is 7.46. The third kappa shape index (κ3) is 2.63. The second-order valence-electron chi connectivity index (χ2n) is 6.65. The first-order valence-corrected chi connectivity index (χ1v) is 9.69. The fraction of sp³-hybridized carbons (Fsp3) is 0.0952. The Labute approximate surface area is 171 Å². The largest absolute Gasteiger partial charge is 0.422 e. The molecule has 138 valence electrons. The van der Waals surface area contributed by atoms with Crippen LogP contribution in [0.25, 0.3) is 5.69 Å². The maximum Gasteiger partial charge on any atom is 0.229 e. The summed E-state index contributed by atoms with van der Waals surface area (Å²) in [4.78, 5) is 6.18. The fourth-order valence-corrected chi connectivity index (χ4v) is 4.30. The Morgan fingerprint density at radius 2 is 1.61 bits per heavy atom. The number of H-pyrrole nitrogens is 2.